The van der Waals surface area contributed by atoms with E-state index in [9.17, 15) is 13.2 Å². The Bertz CT molecular complexity index is 634. The molecule has 23 heavy (non-hydrogen) atoms. The van der Waals surface area contributed by atoms with Crippen LogP contribution in [0.2, 0.25) is 0 Å². The van der Waals surface area contributed by atoms with Crippen LogP contribution in [-0.4, -0.2) is 57.4 Å². The molecular formula is C15H24N2O5S. The molecule has 1 aromatic rings. The average Bonchev–Trinajstić information content (AvgIpc) is 3.17. The van der Waals surface area contributed by atoms with Crippen molar-refractivity contribution in [2.45, 2.75) is 31.4 Å². The molecule has 8 heteroatoms. The molecule has 1 unspecified atom stereocenters. The number of nitrogens with zero attached hydrogens (tertiary/aromatic N) is 2. The molecule has 0 radical (unpaired) electrons. The van der Waals surface area contributed by atoms with E-state index in [1.165, 1.54) is 17.5 Å². The highest BCUT2D eigenvalue weighted by Crippen LogP contribution is 2.23. The lowest BCUT2D eigenvalue weighted by Gasteiger charge is -2.18. The normalized spacial score (nSPS) is 17.6. The van der Waals surface area contributed by atoms with Gasteiger partial charge in [-0.15, -0.1) is 0 Å². The van der Waals surface area contributed by atoms with Crippen LogP contribution in [0.15, 0.2) is 21.6 Å². The van der Waals surface area contributed by atoms with Gasteiger partial charge in [0, 0.05) is 19.6 Å². The number of hydrogen-bond donors (Lipinski definition) is 0. The highest BCUT2D eigenvalue weighted by molar-refractivity contribution is 7.89. The summed E-state index contributed by atoms with van der Waals surface area (Å²) in [6, 6.07) is 3.17. The standard InChI is InChI=1S/C15H24N2O5S/c1-12(15(18)21-3)10-16(2)11-13-6-7-14(22-13)23(19,20)17-8-4-5-9-17/h6-7,12H,4-5,8-11H2,1-3H3. The van der Waals surface area contributed by atoms with Gasteiger partial charge < -0.3 is 9.15 Å². The van der Waals surface area contributed by atoms with Crippen LogP contribution < -0.4 is 0 Å². The van der Waals surface area contributed by atoms with Gasteiger partial charge in [-0.1, -0.05) is 6.92 Å². The zero-order valence-corrected chi connectivity index (χ0v) is 14.6. The summed E-state index contributed by atoms with van der Waals surface area (Å²) in [7, 11) is -0.314. The Balaban J connectivity index is 1.98. The van der Waals surface area contributed by atoms with E-state index in [-0.39, 0.29) is 17.0 Å². The number of ether oxygens (including phenoxy) is 1. The molecule has 7 nitrogen and oxygen atoms in total. The van der Waals surface area contributed by atoms with Gasteiger partial charge in [-0.3, -0.25) is 9.69 Å². The molecular weight excluding hydrogens is 320 g/mol. The van der Waals surface area contributed by atoms with Gasteiger partial charge in [0.25, 0.3) is 10.0 Å². The Morgan fingerprint density at radius 3 is 2.65 bits per heavy atom. The van der Waals surface area contributed by atoms with Crippen molar-refractivity contribution in [1.29, 1.82) is 0 Å². The van der Waals surface area contributed by atoms with Gasteiger partial charge in [0.05, 0.1) is 19.6 Å². The van der Waals surface area contributed by atoms with E-state index in [0.29, 0.717) is 31.9 Å². The number of rotatable bonds is 7. The highest BCUT2D eigenvalue weighted by atomic mass is 32.2. The summed E-state index contributed by atoms with van der Waals surface area (Å²) in [4.78, 5) is 13.3. The summed E-state index contributed by atoms with van der Waals surface area (Å²) in [5, 5.41) is -0.0104. The smallest absolute Gasteiger partial charge is 0.309 e. The zero-order chi connectivity index (χ0) is 17.0. The molecule has 130 valence electrons. The summed E-state index contributed by atoms with van der Waals surface area (Å²) in [6.07, 6.45) is 1.78. The Morgan fingerprint density at radius 2 is 2.04 bits per heavy atom. The van der Waals surface area contributed by atoms with Crippen LogP contribution in [0.3, 0.4) is 0 Å². The number of hydrogen-bond acceptors (Lipinski definition) is 6. The van der Waals surface area contributed by atoms with E-state index in [1.807, 2.05) is 11.9 Å². The quantitative estimate of drug-likeness (QED) is 0.694. The van der Waals surface area contributed by atoms with E-state index >= 15 is 0 Å². The molecule has 1 saturated heterocycles. The van der Waals surface area contributed by atoms with Crippen LogP contribution in [0.25, 0.3) is 0 Å². The number of furan rings is 1. The van der Waals surface area contributed by atoms with Crippen LogP contribution in [0.5, 0.6) is 0 Å². The predicted octanol–water partition coefficient (Wildman–Crippen LogP) is 1.30. The molecule has 1 aliphatic heterocycles. The van der Waals surface area contributed by atoms with Crippen molar-refractivity contribution in [2.24, 2.45) is 5.92 Å². The van der Waals surface area contributed by atoms with E-state index in [2.05, 4.69) is 0 Å². The monoisotopic (exact) mass is 344 g/mol. The molecule has 1 aromatic heterocycles. The van der Waals surface area contributed by atoms with Crippen LogP contribution >= 0.6 is 0 Å². The molecule has 1 atom stereocenters. The Labute approximate surface area is 137 Å². The number of carbonyl (C=O) groups excluding carboxylic acids is 1. The minimum atomic E-state index is -3.52. The van der Waals surface area contributed by atoms with Gasteiger partial charge in [-0.25, -0.2) is 8.42 Å². The Morgan fingerprint density at radius 1 is 1.39 bits per heavy atom. The first-order chi connectivity index (χ1) is 10.8. The number of carbonyl (C=O) groups is 1. The fourth-order valence-electron chi connectivity index (χ4n) is 2.71. The molecule has 0 bridgehead atoms. The largest absolute Gasteiger partial charge is 0.469 e. The topological polar surface area (TPSA) is 80.1 Å². The molecule has 0 aliphatic carbocycles. The summed E-state index contributed by atoms with van der Waals surface area (Å²) in [5.74, 6) is 0.0312. The zero-order valence-electron chi connectivity index (χ0n) is 13.8. The summed E-state index contributed by atoms with van der Waals surface area (Å²) in [5.41, 5.74) is 0. The maximum Gasteiger partial charge on any atom is 0.309 e. The lowest BCUT2D eigenvalue weighted by molar-refractivity contribution is -0.145. The first-order valence-corrected chi connectivity index (χ1v) is 9.14. The van der Waals surface area contributed by atoms with E-state index in [4.69, 9.17) is 9.15 Å². The van der Waals surface area contributed by atoms with Crippen LogP contribution in [0, 0.1) is 5.92 Å². The number of methoxy groups -OCH3 is 1. The second-order valence-corrected chi connectivity index (χ2v) is 7.82. The van der Waals surface area contributed by atoms with Gasteiger partial charge >= 0.3 is 5.97 Å². The minimum absolute atomic E-state index is 0.0104. The van der Waals surface area contributed by atoms with Crippen molar-refractivity contribution in [2.75, 3.05) is 33.8 Å². The summed E-state index contributed by atoms with van der Waals surface area (Å²) < 4.78 is 36.5. The van der Waals surface area contributed by atoms with Gasteiger partial charge in [-0.05, 0) is 32.0 Å². The molecule has 1 aliphatic rings. The molecule has 2 rings (SSSR count). The van der Waals surface area contributed by atoms with Crippen LogP contribution in [0.4, 0.5) is 0 Å². The van der Waals surface area contributed by atoms with Gasteiger partial charge in [0.15, 0.2) is 0 Å². The van der Waals surface area contributed by atoms with Crippen molar-refractivity contribution >= 4 is 16.0 Å². The molecule has 0 amide bonds. The number of esters is 1. The van der Waals surface area contributed by atoms with Crippen LogP contribution in [0.1, 0.15) is 25.5 Å². The third-order valence-electron chi connectivity index (χ3n) is 3.91. The van der Waals surface area contributed by atoms with Gasteiger partial charge in [-0.2, -0.15) is 4.31 Å². The fourth-order valence-corrected chi connectivity index (χ4v) is 4.16. The third kappa shape index (κ3) is 4.33. The van der Waals surface area contributed by atoms with E-state index < -0.39 is 10.0 Å². The van der Waals surface area contributed by atoms with Gasteiger partial charge in [0.2, 0.25) is 5.09 Å². The Hall–Kier alpha value is -1.38. The second kappa shape index (κ2) is 7.46. The molecule has 0 spiro atoms. The first kappa shape index (κ1) is 18.0. The van der Waals surface area contributed by atoms with Gasteiger partial charge in [0.1, 0.15) is 5.76 Å². The summed E-state index contributed by atoms with van der Waals surface area (Å²) in [6.45, 7) is 3.82. The highest BCUT2D eigenvalue weighted by Gasteiger charge is 2.30. The molecule has 0 aromatic carbocycles. The molecule has 1 fully saturated rings. The van der Waals surface area contributed by atoms with Crippen molar-refractivity contribution in [1.82, 2.24) is 9.21 Å². The van der Waals surface area contributed by atoms with Crippen molar-refractivity contribution < 1.29 is 22.4 Å². The predicted molar refractivity (Wildman–Crippen MR) is 84.2 cm³/mol. The third-order valence-corrected chi connectivity index (χ3v) is 5.68. The van der Waals surface area contributed by atoms with Crippen molar-refractivity contribution in [3.63, 3.8) is 0 Å². The fraction of sp³-hybridized carbons (Fsp3) is 0.667. The van der Waals surface area contributed by atoms with Crippen LogP contribution in [-0.2, 0) is 26.1 Å². The average molecular weight is 344 g/mol. The van der Waals surface area contributed by atoms with E-state index in [0.717, 1.165) is 12.8 Å². The molecule has 0 saturated carbocycles. The Kier molecular flexibility index (Phi) is 5.83. The van der Waals surface area contributed by atoms with Crippen molar-refractivity contribution in [3.8, 4) is 0 Å². The minimum Gasteiger partial charge on any atom is -0.469 e. The maximum absolute atomic E-state index is 12.4. The van der Waals surface area contributed by atoms with Crippen molar-refractivity contribution in [3.05, 3.63) is 17.9 Å². The maximum atomic E-state index is 12.4. The lowest BCUT2D eigenvalue weighted by atomic mass is 10.2. The summed E-state index contributed by atoms with van der Waals surface area (Å²) >= 11 is 0. The molecule has 2 heterocycles. The molecule has 0 N–H and O–H groups in total. The second-order valence-electron chi connectivity index (χ2n) is 5.95. The number of sulfonamides is 1. The van der Waals surface area contributed by atoms with E-state index in [1.54, 1.807) is 13.0 Å². The first-order valence-electron chi connectivity index (χ1n) is 7.70. The SMILES string of the molecule is COC(=O)C(C)CN(C)Cc1ccc(S(=O)(=O)N2CCCC2)o1. The lowest BCUT2D eigenvalue weighted by Crippen LogP contribution is -2.29.